The van der Waals surface area contributed by atoms with Gasteiger partial charge in [0.1, 0.15) is 5.69 Å². The number of fused-ring (bicyclic) bond motifs is 1. The molecule has 2 heterocycles. The Morgan fingerprint density at radius 3 is 2.87 bits per heavy atom. The summed E-state index contributed by atoms with van der Waals surface area (Å²) in [7, 11) is 0. The molecule has 0 radical (unpaired) electrons. The van der Waals surface area contributed by atoms with E-state index in [2.05, 4.69) is 35.3 Å². The molecule has 0 unspecified atom stereocenters. The van der Waals surface area contributed by atoms with Gasteiger partial charge in [0, 0.05) is 18.5 Å². The zero-order valence-corrected chi connectivity index (χ0v) is 13.3. The van der Waals surface area contributed by atoms with E-state index in [4.69, 9.17) is 4.74 Å². The molecular weight excluding hydrogens is 308 g/mol. The van der Waals surface area contributed by atoms with Crippen LogP contribution in [0.5, 0.6) is 0 Å². The SMILES string of the molecule is O=C(c1cscn1)N1CC(OCc2cccc3ccccc23)C1. The van der Waals surface area contributed by atoms with Crippen molar-refractivity contribution in [2.45, 2.75) is 12.7 Å². The smallest absolute Gasteiger partial charge is 0.273 e. The zero-order chi connectivity index (χ0) is 15.6. The van der Waals surface area contributed by atoms with Gasteiger partial charge in [0.2, 0.25) is 0 Å². The summed E-state index contributed by atoms with van der Waals surface area (Å²) in [5.74, 6) is -0.00346. The maximum absolute atomic E-state index is 12.1. The highest BCUT2D eigenvalue weighted by Crippen LogP contribution is 2.22. The molecule has 23 heavy (non-hydrogen) atoms. The largest absolute Gasteiger partial charge is 0.370 e. The van der Waals surface area contributed by atoms with Gasteiger partial charge < -0.3 is 9.64 Å². The van der Waals surface area contributed by atoms with Gasteiger partial charge in [0.15, 0.2) is 0 Å². The highest BCUT2D eigenvalue weighted by molar-refractivity contribution is 7.07. The first kappa shape index (κ1) is 14.4. The molecule has 4 rings (SSSR count). The minimum absolute atomic E-state index is 0.00346. The van der Waals surface area contributed by atoms with Crippen LogP contribution >= 0.6 is 11.3 Å². The molecule has 4 nitrogen and oxygen atoms in total. The number of aromatic nitrogens is 1. The number of amides is 1. The second-order valence-corrected chi connectivity index (χ2v) is 6.37. The Morgan fingerprint density at radius 2 is 2.04 bits per heavy atom. The lowest BCUT2D eigenvalue weighted by molar-refractivity contribution is -0.0501. The van der Waals surface area contributed by atoms with Gasteiger partial charge in [-0.1, -0.05) is 42.5 Å². The van der Waals surface area contributed by atoms with Crippen molar-refractivity contribution in [3.05, 3.63) is 64.6 Å². The van der Waals surface area contributed by atoms with Crippen molar-refractivity contribution in [3.63, 3.8) is 0 Å². The van der Waals surface area contributed by atoms with E-state index in [1.807, 2.05) is 12.1 Å². The first-order valence-electron chi connectivity index (χ1n) is 7.57. The van der Waals surface area contributed by atoms with Crippen LogP contribution in [0.2, 0.25) is 0 Å². The molecule has 3 aromatic rings. The Balaban J connectivity index is 1.35. The van der Waals surface area contributed by atoms with Crippen LogP contribution in [0.4, 0.5) is 0 Å². The minimum Gasteiger partial charge on any atom is -0.370 e. The number of thiazole rings is 1. The number of ether oxygens (including phenoxy) is 1. The fraction of sp³-hybridized carbons (Fsp3) is 0.222. The van der Waals surface area contributed by atoms with E-state index >= 15 is 0 Å². The molecule has 1 fully saturated rings. The number of hydrogen-bond acceptors (Lipinski definition) is 4. The molecule has 0 aliphatic carbocycles. The van der Waals surface area contributed by atoms with E-state index in [1.165, 1.54) is 27.7 Å². The third-order valence-corrected chi connectivity index (χ3v) is 4.73. The second-order valence-electron chi connectivity index (χ2n) is 5.66. The maximum Gasteiger partial charge on any atom is 0.273 e. The number of benzene rings is 2. The standard InChI is InChI=1S/C18H16N2O2S/c21-18(17-11-23-12-19-17)20-8-15(9-20)22-10-14-6-3-5-13-4-1-2-7-16(13)14/h1-7,11-12,15H,8-10H2. The van der Waals surface area contributed by atoms with Crippen molar-refractivity contribution < 1.29 is 9.53 Å². The molecule has 1 amide bonds. The van der Waals surface area contributed by atoms with E-state index in [-0.39, 0.29) is 12.0 Å². The van der Waals surface area contributed by atoms with Crippen LogP contribution < -0.4 is 0 Å². The van der Waals surface area contributed by atoms with Crippen LogP contribution in [-0.2, 0) is 11.3 Å². The van der Waals surface area contributed by atoms with Gasteiger partial charge in [-0.2, -0.15) is 0 Å². The molecule has 0 bridgehead atoms. The van der Waals surface area contributed by atoms with Gasteiger partial charge in [-0.3, -0.25) is 4.79 Å². The molecule has 0 N–H and O–H groups in total. The number of rotatable bonds is 4. The molecule has 2 aromatic carbocycles. The normalized spacial score (nSPS) is 14.9. The molecule has 1 aromatic heterocycles. The minimum atomic E-state index is -0.00346. The van der Waals surface area contributed by atoms with Gasteiger partial charge in [0.05, 0.1) is 18.2 Å². The first-order chi connectivity index (χ1) is 11.3. The third-order valence-electron chi connectivity index (χ3n) is 4.14. The maximum atomic E-state index is 12.1. The fourth-order valence-corrected chi connectivity index (χ4v) is 3.34. The molecule has 0 saturated carbocycles. The molecule has 5 heteroatoms. The Labute approximate surface area is 138 Å². The summed E-state index contributed by atoms with van der Waals surface area (Å²) < 4.78 is 5.96. The van der Waals surface area contributed by atoms with Gasteiger partial charge in [-0.25, -0.2) is 4.98 Å². The first-order valence-corrected chi connectivity index (χ1v) is 8.51. The van der Waals surface area contributed by atoms with Crippen molar-refractivity contribution in [2.75, 3.05) is 13.1 Å². The Morgan fingerprint density at radius 1 is 1.22 bits per heavy atom. The van der Waals surface area contributed by atoms with Crippen LogP contribution in [0.25, 0.3) is 10.8 Å². The summed E-state index contributed by atoms with van der Waals surface area (Å²) in [6, 6.07) is 14.6. The number of carbonyl (C=O) groups is 1. The second kappa shape index (κ2) is 6.10. The summed E-state index contributed by atoms with van der Waals surface area (Å²) in [5, 5.41) is 4.24. The molecule has 1 saturated heterocycles. The Hall–Kier alpha value is -2.24. The van der Waals surface area contributed by atoms with Crippen molar-refractivity contribution in [3.8, 4) is 0 Å². The van der Waals surface area contributed by atoms with Crippen molar-refractivity contribution in [1.82, 2.24) is 9.88 Å². The Kier molecular flexibility index (Phi) is 3.81. The van der Waals surface area contributed by atoms with Crippen LogP contribution in [0.3, 0.4) is 0 Å². The molecule has 1 aliphatic heterocycles. The predicted molar refractivity (Wildman–Crippen MR) is 90.5 cm³/mol. The van der Waals surface area contributed by atoms with Crippen LogP contribution in [0.1, 0.15) is 16.1 Å². The molecular formula is C18H16N2O2S. The van der Waals surface area contributed by atoms with Crippen LogP contribution in [-0.4, -0.2) is 35.0 Å². The number of hydrogen-bond donors (Lipinski definition) is 0. The summed E-state index contributed by atoms with van der Waals surface area (Å²) >= 11 is 1.44. The summed E-state index contributed by atoms with van der Waals surface area (Å²) in [6.07, 6.45) is 0.108. The van der Waals surface area contributed by atoms with Crippen LogP contribution in [0, 0.1) is 0 Å². The average molecular weight is 324 g/mol. The number of carbonyl (C=O) groups excluding carboxylic acids is 1. The molecule has 0 atom stereocenters. The summed E-state index contributed by atoms with van der Waals surface area (Å²) in [6.45, 7) is 1.85. The van der Waals surface area contributed by atoms with Gasteiger partial charge >= 0.3 is 0 Å². The molecule has 0 spiro atoms. The Bertz CT molecular complexity index is 821. The fourth-order valence-electron chi connectivity index (χ4n) is 2.82. The van der Waals surface area contributed by atoms with E-state index < -0.39 is 0 Å². The molecule has 116 valence electrons. The van der Waals surface area contributed by atoms with E-state index in [0.29, 0.717) is 25.4 Å². The summed E-state index contributed by atoms with van der Waals surface area (Å²) in [5.41, 5.74) is 3.40. The van der Waals surface area contributed by atoms with Crippen molar-refractivity contribution >= 4 is 28.0 Å². The monoisotopic (exact) mass is 324 g/mol. The van der Waals surface area contributed by atoms with Crippen molar-refractivity contribution in [2.24, 2.45) is 0 Å². The van der Waals surface area contributed by atoms with E-state index in [9.17, 15) is 4.79 Å². The number of likely N-dealkylation sites (tertiary alicyclic amines) is 1. The lowest BCUT2D eigenvalue weighted by Gasteiger charge is -2.38. The van der Waals surface area contributed by atoms with Gasteiger partial charge in [-0.15, -0.1) is 11.3 Å². The quantitative estimate of drug-likeness (QED) is 0.739. The van der Waals surface area contributed by atoms with Crippen LogP contribution in [0.15, 0.2) is 53.4 Å². The lowest BCUT2D eigenvalue weighted by Crippen LogP contribution is -2.54. The average Bonchev–Trinajstić information content (AvgIpc) is 3.08. The van der Waals surface area contributed by atoms with Crippen molar-refractivity contribution in [1.29, 1.82) is 0 Å². The predicted octanol–water partition coefficient (Wildman–Crippen LogP) is 3.34. The highest BCUT2D eigenvalue weighted by atomic mass is 32.1. The molecule has 1 aliphatic rings. The topological polar surface area (TPSA) is 42.4 Å². The summed E-state index contributed by atoms with van der Waals surface area (Å²) in [4.78, 5) is 17.9. The van der Waals surface area contributed by atoms with Gasteiger partial charge in [0.25, 0.3) is 5.91 Å². The van der Waals surface area contributed by atoms with E-state index in [0.717, 1.165) is 0 Å². The van der Waals surface area contributed by atoms with Gasteiger partial charge in [-0.05, 0) is 16.3 Å². The zero-order valence-electron chi connectivity index (χ0n) is 12.5. The van der Waals surface area contributed by atoms with E-state index in [1.54, 1.807) is 15.8 Å². The lowest BCUT2D eigenvalue weighted by atomic mass is 10.1. The number of nitrogens with zero attached hydrogens (tertiary/aromatic N) is 2. The third kappa shape index (κ3) is 2.85. The highest BCUT2D eigenvalue weighted by Gasteiger charge is 2.32.